The molecule has 0 bridgehead atoms. The van der Waals surface area contributed by atoms with Crippen molar-refractivity contribution in [2.45, 2.75) is 6.61 Å². The number of rotatable bonds is 2. The zero-order valence-electron chi connectivity index (χ0n) is 7.40. The van der Waals surface area contributed by atoms with Crippen molar-refractivity contribution in [1.29, 1.82) is 0 Å². The van der Waals surface area contributed by atoms with Gasteiger partial charge in [0.25, 0.3) is 0 Å². The van der Waals surface area contributed by atoms with E-state index in [1.54, 1.807) is 11.8 Å². The van der Waals surface area contributed by atoms with Gasteiger partial charge in [0.2, 0.25) is 0 Å². The van der Waals surface area contributed by atoms with Gasteiger partial charge in [0, 0.05) is 5.39 Å². The topological polar surface area (TPSA) is 34.4 Å². The number of fused-ring (bicyclic) bond motifs is 1. The molecule has 0 aliphatic rings. The molecule has 3 nitrogen and oxygen atoms in total. The first kappa shape index (κ1) is 8.13. The van der Waals surface area contributed by atoms with Gasteiger partial charge in [-0.1, -0.05) is 18.2 Å². The van der Waals surface area contributed by atoms with Gasteiger partial charge in [-0.15, -0.1) is 0 Å². The van der Waals surface area contributed by atoms with Crippen LogP contribution in [0.25, 0.3) is 10.9 Å². The average molecular weight is 177 g/mol. The number of aromatic nitrogens is 1. The molecule has 0 aliphatic carbocycles. The van der Waals surface area contributed by atoms with Crippen molar-refractivity contribution in [2.75, 3.05) is 7.11 Å². The van der Waals surface area contributed by atoms with Gasteiger partial charge in [0.15, 0.2) is 0 Å². The minimum absolute atomic E-state index is 0.0114. The summed E-state index contributed by atoms with van der Waals surface area (Å²) in [6, 6.07) is 9.77. The van der Waals surface area contributed by atoms with Gasteiger partial charge >= 0.3 is 0 Å². The van der Waals surface area contributed by atoms with E-state index in [9.17, 15) is 0 Å². The first-order valence-corrected chi connectivity index (χ1v) is 4.11. The van der Waals surface area contributed by atoms with Gasteiger partial charge in [-0.2, -0.15) is 4.73 Å². The van der Waals surface area contributed by atoms with Crippen LogP contribution in [0.3, 0.4) is 0 Å². The molecule has 0 saturated carbocycles. The number of hydrogen-bond acceptors (Lipinski definition) is 2. The molecule has 2 aromatic rings. The molecule has 13 heavy (non-hydrogen) atoms. The summed E-state index contributed by atoms with van der Waals surface area (Å²) in [7, 11) is 1.59. The predicted molar refractivity (Wildman–Crippen MR) is 50.4 cm³/mol. The Morgan fingerprint density at radius 3 is 2.85 bits per heavy atom. The van der Waals surface area contributed by atoms with Gasteiger partial charge in [-0.25, -0.2) is 0 Å². The lowest BCUT2D eigenvalue weighted by molar-refractivity contribution is 0.151. The third-order valence-corrected chi connectivity index (χ3v) is 2.08. The van der Waals surface area contributed by atoms with Gasteiger partial charge in [0.1, 0.15) is 7.11 Å². The van der Waals surface area contributed by atoms with Crippen LogP contribution in [0.2, 0.25) is 0 Å². The van der Waals surface area contributed by atoms with Crippen molar-refractivity contribution in [3.05, 3.63) is 36.0 Å². The number of para-hydroxylation sites is 1. The van der Waals surface area contributed by atoms with Crippen LogP contribution in [0.1, 0.15) is 5.69 Å². The van der Waals surface area contributed by atoms with E-state index in [4.69, 9.17) is 9.94 Å². The monoisotopic (exact) mass is 177 g/mol. The normalized spacial score (nSPS) is 10.6. The molecule has 1 aromatic heterocycles. The van der Waals surface area contributed by atoms with E-state index in [1.165, 1.54) is 0 Å². The van der Waals surface area contributed by atoms with E-state index in [1.807, 2.05) is 30.3 Å². The highest BCUT2D eigenvalue weighted by atomic mass is 16.6. The van der Waals surface area contributed by atoms with Gasteiger partial charge in [-0.3, -0.25) is 0 Å². The summed E-state index contributed by atoms with van der Waals surface area (Å²) in [5, 5.41) is 10.1. The molecule has 3 heteroatoms. The summed E-state index contributed by atoms with van der Waals surface area (Å²) in [5.74, 6) is 0. The van der Waals surface area contributed by atoms with Crippen LogP contribution >= 0.6 is 0 Å². The Bertz CT molecular complexity index is 420. The molecule has 0 atom stereocenters. The first-order valence-electron chi connectivity index (χ1n) is 4.11. The van der Waals surface area contributed by atoms with Crippen LogP contribution in [0.4, 0.5) is 0 Å². The quantitative estimate of drug-likeness (QED) is 0.747. The smallest absolute Gasteiger partial charge is 0.104 e. The predicted octanol–water partition coefficient (Wildman–Crippen LogP) is 1.19. The lowest BCUT2D eigenvalue weighted by Crippen LogP contribution is -2.08. The Hall–Kier alpha value is -1.48. The minimum Gasteiger partial charge on any atom is -0.417 e. The van der Waals surface area contributed by atoms with E-state index >= 15 is 0 Å². The highest BCUT2D eigenvalue weighted by Crippen LogP contribution is 2.17. The Morgan fingerprint density at radius 2 is 2.15 bits per heavy atom. The molecule has 0 unspecified atom stereocenters. The van der Waals surface area contributed by atoms with Crippen molar-refractivity contribution in [1.82, 2.24) is 4.73 Å². The summed E-state index contributed by atoms with van der Waals surface area (Å²) < 4.78 is 1.63. The fourth-order valence-corrected chi connectivity index (χ4v) is 1.51. The molecule has 0 radical (unpaired) electrons. The standard InChI is InChI=1S/C10H11NO2/c1-13-11-9(7-12)6-8-4-2-3-5-10(8)11/h2-6,12H,7H2,1H3. The second-order valence-corrected chi connectivity index (χ2v) is 2.83. The van der Waals surface area contributed by atoms with Crippen molar-refractivity contribution in [2.24, 2.45) is 0 Å². The summed E-state index contributed by atoms with van der Waals surface area (Å²) in [6.07, 6.45) is 0. The molecule has 68 valence electrons. The average Bonchev–Trinajstić information content (AvgIpc) is 2.55. The number of aliphatic hydroxyl groups excluding tert-OH is 1. The van der Waals surface area contributed by atoms with Gasteiger partial charge in [-0.05, 0) is 12.1 Å². The van der Waals surface area contributed by atoms with Gasteiger partial charge in [0.05, 0.1) is 17.8 Å². The Kier molecular flexibility index (Phi) is 1.94. The summed E-state index contributed by atoms with van der Waals surface area (Å²) in [6.45, 7) is -0.0114. The largest absolute Gasteiger partial charge is 0.417 e. The third kappa shape index (κ3) is 1.17. The molecule has 1 aromatic carbocycles. The maximum Gasteiger partial charge on any atom is 0.104 e. The molecular weight excluding hydrogens is 166 g/mol. The fourth-order valence-electron chi connectivity index (χ4n) is 1.51. The van der Waals surface area contributed by atoms with Crippen LogP contribution < -0.4 is 4.84 Å². The van der Waals surface area contributed by atoms with Crippen molar-refractivity contribution in [3.8, 4) is 0 Å². The lowest BCUT2D eigenvalue weighted by Gasteiger charge is -2.05. The van der Waals surface area contributed by atoms with E-state index in [0.717, 1.165) is 16.6 Å². The van der Waals surface area contributed by atoms with Crippen molar-refractivity contribution >= 4 is 10.9 Å². The van der Waals surface area contributed by atoms with Crippen LogP contribution in [-0.4, -0.2) is 16.9 Å². The van der Waals surface area contributed by atoms with E-state index in [-0.39, 0.29) is 6.61 Å². The highest BCUT2D eigenvalue weighted by molar-refractivity contribution is 5.80. The number of hydrogen-bond donors (Lipinski definition) is 1. The summed E-state index contributed by atoms with van der Waals surface area (Å²) in [4.78, 5) is 5.15. The first-order chi connectivity index (χ1) is 6.36. The van der Waals surface area contributed by atoms with E-state index in [2.05, 4.69) is 0 Å². The SMILES string of the molecule is COn1c(CO)cc2ccccc21. The molecule has 0 fully saturated rings. The molecule has 1 N–H and O–H groups in total. The van der Waals surface area contributed by atoms with E-state index in [0.29, 0.717) is 0 Å². The minimum atomic E-state index is -0.0114. The highest BCUT2D eigenvalue weighted by Gasteiger charge is 2.06. The van der Waals surface area contributed by atoms with Gasteiger partial charge < -0.3 is 9.94 Å². The maximum absolute atomic E-state index is 9.05. The maximum atomic E-state index is 9.05. The molecule has 0 aliphatic heterocycles. The molecule has 1 heterocycles. The van der Waals surface area contributed by atoms with E-state index < -0.39 is 0 Å². The van der Waals surface area contributed by atoms with Crippen LogP contribution in [0.5, 0.6) is 0 Å². The Balaban J connectivity index is 2.73. The summed E-state index contributed by atoms with van der Waals surface area (Å²) in [5.41, 5.74) is 1.75. The zero-order valence-corrected chi connectivity index (χ0v) is 7.40. The molecule has 2 rings (SSSR count). The fraction of sp³-hybridized carbons (Fsp3) is 0.200. The Labute approximate surface area is 76.1 Å². The summed E-state index contributed by atoms with van der Waals surface area (Å²) >= 11 is 0. The lowest BCUT2D eigenvalue weighted by atomic mass is 10.2. The Morgan fingerprint density at radius 1 is 1.38 bits per heavy atom. The van der Waals surface area contributed by atoms with Crippen LogP contribution in [0.15, 0.2) is 30.3 Å². The van der Waals surface area contributed by atoms with Crippen molar-refractivity contribution < 1.29 is 9.94 Å². The molecule has 0 amide bonds. The number of nitrogens with zero attached hydrogens (tertiary/aromatic N) is 1. The second kappa shape index (κ2) is 3.11. The number of benzene rings is 1. The molecule has 0 spiro atoms. The molecule has 0 saturated heterocycles. The second-order valence-electron chi connectivity index (χ2n) is 2.83. The molecular formula is C10H11NO2. The van der Waals surface area contributed by atoms with Crippen molar-refractivity contribution in [3.63, 3.8) is 0 Å². The van der Waals surface area contributed by atoms with Crippen LogP contribution in [0, 0.1) is 0 Å². The zero-order chi connectivity index (χ0) is 9.26. The number of aliphatic hydroxyl groups is 1. The third-order valence-electron chi connectivity index (χ3n) is 2.08. The van der Waals surface area contributed by atoms with Crippen LogP contribution in [-0.2, 0) is 6.61 Å².